The average Bonchev–Trinajstić information content (AvgIpc) is 1.97. The van der Waals surface area contributed by atoms with Gasteiger partial charge in [-0.2, -0.15) is 0 Å². The highest BCUT2D eigenvalue weighted by Crippen LogP contribution is 2.41. The van der Waals surface area contributed by atoms with Crippen molar-refractivity contribution >= 4 is 20.1 Å². The van der Waals surface area contributed by atoms with Gasteiger partial charge in [0.1, 0.15) is 5.09 Å². The molecule has 96 valence electrons. The first-order valence-electron chi connectivity index (χ1n) is 5.93. The van der Waals surface area contributed by atoms with Crippen molar-refractivity contribution in [3.05, 3.63) is 11.2 Å². The van der Waals surface area contributed by atoms with Crippen molar-refractivity contribution in [2.75, 3.05) is 0 Å². The summed E-state index contributed by atoms with van der Waals surface area (Å²) in [6.07, 6.45) is 2.09. The summed E-state index contributed by atoms with van der Waals surface area (Å²) in [5.41, 5.74) is 0. The molecule has 0 unspecified atom stereocenters. The van der Waals surface area contributed by atoms with Gasteiger partial charge in [-0.1, -0.05) is 53.3 Å². The highest BCUT2D eigenvalue weighted by molar-refractivity contribution is 8.04. The third-order valence-electron chi connectivity index (χ3n) is 2.80. The molecule has 0 radical (unpaired) electrons. The molecular formula is C13H28OSSi. The molecule has 3 heteroatoms. The smallest absolute Gasteiger partial charge is 0.251 e. The fourth-order valence-corrected chi connectivity index (χ4v) is 3.29. The summed E-state index contributed by atoms with van der Waals surface area (Å²) in [5.74, 6) is 0. The zero-order chi connectivity index (χ0) is 13.2. The van der Waals surface area contributed by atoms with Crippen molar-refractivity contribution in [3.63, 3.8) is 0 Å². The summed E-state index contributed by atoms with van der Waals surface area (Å²) in [7, 11) is -1.68. The Morgan fingerprint density at radius 1 is 1.06 bits per heavy atom. The summed E-state index contributed by atoms with van der Waals surface area (Å²) < 4.78 is 6.50. The Morgan fingerprint density at radius 2 is 1.50 bits per heavy atom. The molecule has 0 aromatic heterocycles. The molecule has 0 fully saturated rings. The standard InChI is InChI=1S/C13H28OSSi/c1-10-11(15-12(2,3)4)14-16(8,9)13(5,6)7/h10H,1-9H3/b11-10+. The minimum Gasteiger partial charge on any atom is -0.539 e. The van der Waals surface area contributed by atoms with Gasteiger partial charge in [-0.15, -0.1) is 0 Å². The topological polar surface area (TPSA) is 9.23 Å². The van der Waals surface area contributed by atoms with E-state index in [9.17, 15) is 0 Å². The normalized spacial score (nSPS) is 15.2. The van der Waals surface area contributed by atoms with Gasteiger partial charge in [0.15, 0.2) is 0 Å². The molecule has 16 heavy (non-hydrogen) atoms. The van der Waals surface area contributed by atoms with Gasteiger partial charge in [0, 0.05) is 4.75 Å². The third kappa shape index (κ3) is 5.44. The van der Waals surface area contributed by atoms with Crippen LogP contribution in [0.5, 0.6) is 0 Å². The van der Waals surface area contributed by atoms with Crippen molar-refractivity contribution in [3.8, 4) is 0 Å². The van der Waals surface area contributed by atoms with Gasteiger partial charge < -0.3 is 4.43 Å². The van der Waals surface area contributed by atoms with Gasteiger partial charge >= 0.3 is 0 Å². The highest BCUT2D eigenvalue weighted by Gasteiger charge is 2.39. The predicted molar refractivity (Wildman–Crippen MR) is 79.4 cm³/mol. The van der Waals surface area contributed by atoms with E-state index in [0.717, 1.165) is 5.09 Å². The molecule has 0 aliphatic rings. The number of allylic oxidation sites excluding steroid dienone is 1. The minimum absolute atomic E-state index is 0.213. The lowest BCUT2D eigenvalue weighted by Crippen LogP contribution is -2.40. The molecule has 0 aromatic carbocycles. The Morgan fingerprint density at radius 3 is 1.75 bits per heavy atom. The monoisotopic (exact) mass is 260 g/mol. The molecule has 0 bridgehead atoms. The lowest BCUT2D eigenvalue weighted by atomic mass is 10.2. The summed E-state index contributed by atoms with van der Waals surface area (Å²) in [4.78, 5) is 0. The van der Waals surface area contributed by atoms with Crippen molar-refractivity contribution in [1.82, 2.24) is 0 Å². The Hall–Kier alpha value is 0.107. The summed E-state index contributed by atoms with van der Waals surface area (Å²) in [6, 6.07) is 0. The average molecular weight is 261 g/mol. The Kier molecular flexibility index (Phi) is 5.21. The van der Waals surface area contributed by atoms with Crippen LogP contribution in [-0.4, -0.2) is 13.1 Å². The van der Waals surface area contributed by atoms with Crippen molar-refractivity contribution < 1.29 is 4.43 Å². The largest absolute Gasteiger partial charge is 0.539 e. The third-order valence-corrected chi connectivity index (χ3v) is 8.43. The molecule has 0 aliphatic heterocycles. The van der Waals surface area contributed by atoms with Crippen LogP contribution in [0.15, 0.2) is 11.2 Å². The van der Waals surface area contributed by atoms with Crippen LogP contribution in [0.25, 0.3) is 0 Å². The quantitative estimate of drug-likeness (QED) is 0.496. The minimum atomic E-state index is -1.68. The van der Waals surface area contributed by atoms with Gasteiger partial charge in [0.25, 0.3) is 8.32 Å². The van der Waals surface area contributed by atoms with Crippen LogP contribution in [0, 0.1) is 0 Å². The van der Waals surface area contributed by atoms with Gasteiger partial charge in [0.2, 0.25) is 0 Å². The lowest BCUT2D eigenvalue weighted by molar-refractivity contribution is 0.415. The van der Waals surface area contributed by atoms with E-state index in [1.165, 1.54) is 0 Å². The molecule has 0 N–H and O–H groups in total. The number of thioether (sulfide) groups is 1. The molecule has 0 rings (SSSR count). The number of hydrogen-bond donors (Lipinski definition) is 0. The molecule has 0 saturated carbocycles. The summed E-state index contributed by atoms with van der Waals surface area (Å²) in [6.45, 7) is 20.1. The molecule has 0 spiro atoms. The van der Waals surface area contributed by atoms with Crippen LogP contribution in [0.2, 0.25) is 18.1 Å². The van der Waals surface area contributed by atoms with Crippen molar-refractivity contribution in [2.45, 2.75) is 71.3 Å². The van der Waals surface area contributed by atoms with Crippen LogP contribution in [-0.2, 0) is 4.43 Å². The molecule has 0 atom stereocenters. The predicted octanol–water partition coefficient (Wildman–Crippen LogP) is 5.40. The SMILES string of the molecule is C/C=C(\O[Si](C)(C)C(C)(C)C)SC(C)(C)C. The molecular weight excluding hydrogens is 232 g/mol. The molecule has 0 heterocycles. The molecule has 0 aliphatic carbocycles. The van der Waals surface area contributed by atoms with Gasteiger partial charge in [0.05, 0.1) is 0 Å². The van der Waals surface area contributed by atoms with E-state index in [1.54, 1.807) is 0 Å². The van der Waals surface area contributed by atoms with E-state index < -0.39 is 8.32 Å². The second-order valence-electron chi connectivity index (χ2n) is 6.68. The highest BCUT2D eigenvalue weighted by atomic mass is 32.2. The van der Waals surface area contributed by atoms with Crippen molar-refractivity contribution in [1.29, 1.82) is 0 Å². The second kappa shape index (κ2) is 5.17. The van der Waals surface area contributed by atoms with Crippen molar-refractivity contribution in [2.24, 2.45) is 0 Å². The second-order valence-corrected chi connectivity index (χ2v) is 13.2. The van der Waals surface area contributed by atoms with E-state index >= 15 is 0 Å². The summed E-state index contributed by atoms with van der Waals surface area (Å²) >= 11 is 1.82. The van der Waals surface area contributed by atoms with Gasteiger partial charge in [-0.3, -0.25) is 0 Å². The first-order chi connectivity index (χ1) is 6.89. The van der Waals surface area contributed by atoms with Gasteiger partial charge in [-0.05, 0) is 31.1 Å². The maximum absolute atomic E-state index is 6.29. The number of rotatable bonds is 3. The Bertz CT molecular complexity index is 256. The molecule has 0 amide bonds. The van der Waals surface area contributed by atoms with E-state index in [2.05, 4.69) is 67.6 Å². The van der Waals surface area contributed by atoms with Crippen LogP contribution in [0.1, 0.15) is 48.5 Å². The van der Waals surface area contributed by atoms with E-state index in [4.69, 9.17) is 4.43 Å². The fourth-order valence-electron chi connectivity index (χ4n) is 0.845. The maximum atomic E-state index is 6.29. The number of hydrogen-bond acceptors (Lipinski definition) is 2. The maximum Gasteiger partial charge on any atom is 0.251 e. The lowest BCUT2D eigenvalue weighted by Gasteiger charge is -2.38. The molecule has 0 aromatic rings. The van der Waals surface area contributed by atoms with E-state index in [1.807, 2.05) is 11.8 Å². The summed E-state index contributed by atoms with van der Waals surface area (Å²) in [5, 5.41) is 1.35. The zero-order valence-corrected chi connectivity index (χ0v) is 14.2. The Labute approximate surface area is 107 Å². The molecule has 1 nitrogen and oxygen atoms in total. The van der Waals surface area contributed by atoms with Crippen LogP contribution >= 0.6 is 11.8 Å². The van der Waals surface area contributed by atoms with Crippen LogP contribution in [0.4, 0.5) is 0 Å². The van der Waals surface area contributed by atoms with E-state index in [-0.39, 0.29) is 9.79 Å². The van der Waals surface area contributed by atoms with E-state index in [0.29, 0.717) is 0 Å². The Balaban J connectivity index is 4.70. The first kappa shape index (κ1) is 16.1. The fraction of sp³-hybridized carbons (Fsp3) is 0.846. The molecule has 0 saturated heterocycles. The zero-order valence-electron chi connectivity index (χ0n) is 12.4. The van der Waals surface area contributed by atoms with Crippen LogP contribution < -0.4 is 0 Å². The first-order valence-corrected chi connectivity index (χ1v) is 9.66. The van der Waals surface area contributed by atoms with Gasteiger partial charge in [-0.25, -0.2) is 0 Å². The van der Waals surface area contributed by atoms with Crippen LogP contribution in [0.3, 0.4) is 0 Å².